The summed E-state index contributed by atoms with van der Waals surface area (Å²) in [6.07, 6.45) is 5.92. The third-order valence-corrected chi connectivity index (χ3v) is 5.21. The minimum absolute atomic E-state index is 0.0914. The van der Waals surface area contributed by atoms with Gasteiger partial charge in [0, 0.05) is 0 Å². The molecule has 0 aromatic heterocycles. The van der Waals surface area contributed by atoms with Crippen molar-refractivity contribution < 1.29 is 8.42 Å². The number of hydrogen-bond acceptors (Lipinski definition) is 3. The van der Waals surface area contributed by atoms with Gasteiger partial charge >= 0.3 is 0 Å². The van der Waals surface area contributed by atoms with Crippen molar-refractivity contribution in [3.63, 3.8) is 0 Å². The molecule has 0 amide bonds. The van der Waals surface area contributed by atoms with Gasteiger partial charge in [0.05, 0.1) is 11.3 Å². The maximum Gasteiger partial charge on any atom is 0.215 e. The number of amidine groups is 1. The predicted octanol–water partition coefficient (Wildman–Crippen LogP) is 1.34. The van der Waals surface area contributed by atoms with Crippen molar-refractivity contribution in [2.24, 2.45) is 5.73 Å². The molecule has 0 saturated heterocycles. The molecule has 1 rings (SSSR count). The van der Waals surface area contributed by atoms with Crippen LogP contribution in [0.15, 0.2) is 0 Å². The number of nitrogens with one attached hydrogen (secondary N) is 2. The van der Waals surface area contributed by atoms with E-state index in [4.69, 9.17) is 11.1 Å². The van der Waals surface area contributed by atoms with Gasteiger partial charge in [0.2, 0.25) is 10.0 Å². The summed E-state index contributed by atoms with van der Waals surface area (Å²) in [5.41, 5.74) is 5.42. The Balaban J connectivity index is 2.65. The third kappa shape index (κ3) is 4.27. The van der Waals surface area contributed by atoms with E-state index in [2.05, 4.69) is 4.72 Å². The molecular weight excluding hydrogens is 238 g/mol. The van der Waals surface area contributed by atoms with Crippen molar-refractivity contribution >= 4 is 15.9 Å². The molecule has 0 aliphatic heterocycles. The highest BCUT2D eigenvalue weighted by Crippen LogP contribution is 2.23. The summed E-state index contributed by atoms with van der Waals surface area (Å²) in [7, 11) is -3.32. The first-order valence-corrected chi connectivity index (χ1v) is 7.87. The van der Waals surface area contributed by atoms with E-state index in [-0.39, 0.29) is 11.1 Å². The van der Waals surface area contributed by atoms with Gasteiger partial charge in [-0.2, -0.15) is 0 Å². The topological polar surface area (TPSA) is 96.0 Å². The van der Waals surface area contributed by atoms with Crippen molar-refractivity contribution in [1.82, 2.24) is 4.72 Å². The molecule has 1 atom stereocenters. The second-order valence-electron chi connectivity index (χ2n) is 4.72. The van der Waals surface area contributed by atoms with E-state index in [0.29, 0.717) is 6.42 Å². The summed E-state index contributed by atoms with van der Waals surface area (Å²) >= 11 is 0. The first-order chi connectivity index (χ1) is 7.97. The van der Waals surface area contributed by atoms with Gasteiger partial charge in [-0.05, 0) is 19.3 Å². The molecule has 0 radical (unpaired) electrons. The number of nitrogens with two attached hydrogens (primary N) is 1. The molecule has 5 nitrogen and oxygen atoms in total. The highest BCUT2D eigenvalue weighted by Gasteiger charge is 2.29. The van der Waals surface area contributed by atoms with Gasteiger partial charge in [-0.3, -0.25) is 5.41 Å². The lowest BCUT2D eigenvalue weighted by molar-refractivity contribution is 0.473. The van der Waals surface area contributed by atoms with Crippen LogP contribution in [-0.2, 0) is 10.0 Å². The van der Waals surface area contributed by atoms with E-state index >= 15 is 0 Å². The van der Waals surface area contributed by atoms with Crippen LogP contribution in [0.5, 0.6) is 0 Å². The van der Waals surface area contributed by atoms with Gasteiger partial charge in [0.1, 0.15) is 5.84 Å². The lowest BCUT2D eigenvalue weighted by Gasteiger charge is -2.25. The molecule has 17 heavy (non-hydrogen) atoms. The van der Waals surface area contributed by atoms with E-state index in [1.807, 2.05) is 6.92 Å². The first-order valence-electron chi connectivity index (χ1n) is 6.32. The van der Waals surface area contributed by atoms with Crippen LogP contribution in [0.3, 0.4) is 0 Å². The minimum atomic E-state index is -3.32. The fourth-order valence-corrected chi connectivity index (χ4v) is 4.02. The molecule has 0 spiro atoms. The number of hydrogen-bond donors (Lipinski definition) is 3. The Labute approximate surface area is 104 Å². The van der Waals surface area contributed by atoms with Crippen molar-refractivity contribution in [1.29, 1.82) is 5.41 Å². The van der Waals surface area contributed by atoms with Crippen molar-refractivity contribution in [2.45, 2.75) is 63.2 Å². The Bertz CT molecular complexity index is 348. The SMILES string of the molecule is CCCC(NS(=O)(=O)C1CCCCC1)C(=N)N. The lowest BCUT2D eigenvalue weighted by Crippen LogP contribution is -2.47. The third-order valence-electron chi connectivity index (χ3n) is 3.25. The van der Waals surface area contributed by atoms with Gasteiger partial charge in [0.15, 0.2) is 0 Å². The Morgan fingerprint density at radius 2 is 2.00 bits per heavy atom. The summed E-state index contributed by atoms with van der Waals surface area (Å²) in [4.78, 5) is 0. The standard InChI is InChI=1S/C11H23N3O2S/c1-2-6-10(11(12)13)14-17(15,16)9-7-4-3-5-8-9/h9-10,14H,2-8H2,1H3,(H3,12,13). The second-order valence-corrected chi connectivity index (χ2v) is 6.71. The van der Waals surface area contributed by atoms with Gasteiger partial charge < -0.3 is 5.73 Å². The van der Waals surface area contributed by atoms with Crippen molar-refractivity contribution in [2.75, 3.05) is 0 Å². The second kappa shape index (κ2) is 6.35. The first kappa shape index (κ1) is 14.4. The average molecular weight is 261 g/mol. The van der Waals surface area contributed by atoms with Crippen LogP contribution in [0.4, 0.5) is 0 Å². The maximum atomic E-state index is 12.1. The maximum absolute atomic E-state index is 12.1. The van der Waals surface area contributed by atoms with E-state index in [1.165, 1.54) is 0 Å². The quantitative estimate of drug-likeness (QED) is 0.497. The average Bonchev–Trinajstić information content (AvgIpc) is 2.29. The summed E-state index contributed by atoms with van der Waals surface area (Å²) in [6.45, 7) is 1.95. The van der Waals surface area contributed by atoms with Crippen LogP contribution < -0.4 is 10.5 Å². The zero-order valence-electron chi connectivity index (χ0n) is 10.4. The van der Waals surface area contributed by atoms with Crippen LogP contribution in [0.2, 0.25) is 0 Å². The Morgan fingerprint density at radius 1 is 1.41 bits per heavy atom. The van der Waals surface area contributed by atoms with Gasteiger partial charge in [-0.15, -0.1) is 0 Å². The van der Waals surface area contributed by atoms with Crippen molar-refractivity contribution in [3.8, 4) is 0 Å². The minimum Gasteiger partial charge on any atom is -0.386 e. The van der Waals surface area contributed by atoms with Crippen LogP contribution in [0, 0.1) is 5.41 Å². The molecule has 1 aliphatic rings. The van der Waals surface area contributed by atoms with Gasteiger partial charge in [-0.1, -0.05) is 32.6 Å². The number of sulfonamides is 1. The lowest BCUT2D eigenvalue weighted by atomic mass is 10.0. The summed E-state index contributed by atoms with van der Waals surface area (Å²) < 4.78 is 26.8. The molecule has 1 saturated carbocycles. The predicted molar refractivity (Wildman–Crippen MR) is 69.5 cm³/mol. The van der Waals surface area contributed by atoms with Gasteiger partial charge in [0.25, 0.3) is 0 Å². The normalized spacial score (nSPS) is 20.1. The monoisotopic (exact) mass is 261 g/mol. The fourth-order valence-electron chi connectivity index (χ4n) is 2.24. The van der Waals surface area contributed by atoms with Crippen molar-refractivity contribution in [3.05, 3.63) is 0 Å². The zero-order valence-corrected chi connectivity index (χ0v) is 11.2. The highest BCUT2D eigenvalue weighted by molar-refractivity contribution is 7.90. The van der Waals surface area contributed by atoms with Crippen LogP contribution in [-0.4, -0.2) is 25.5 Å². The van der Waals surface area contributed by atoms with E-state index in [0.717, 1.165) is 38.5 Å². The largest absolute Gasteiger partial charge is 0.386 e. The van der Waals surface area contributed by atoms with E-state index in [9.17, 15) is 8.42 Å². The summed E-state index contributed by atoms with van der Waals surface area (Å²) in [6, 6.07) is -0.535. The van der Waals surface area contributed by atoms with E-state index in [1.54, 1.807) is 0 Å². The molecular formula is C11H23N3O2S. The molecule has 0 aromatic carbocycles. The molecule has 1 unspecified atom stereocenters. The number of rotatable bonds is 6. The van der Waals surface area contributed by atoms with E-state index < -0.39 is 16.1 Å². The summed E-state index contributed by atoms with van der Waals surface area (Å²) in [5, 5.41) is 7.10. The molecule has 100 valence electrons. The molecule has 6 heteroatoms. The molecule has 4 N–H and O–H groups in total. The molecule has 1 fully saturated rings. The molecule has 0 heterocycles. The Hall–Kier alpha value is -0.620. The zero-order chi connectivity index (χ0) is 12.9. The smallest absolute Gasteiger partial charge is 0.215 e. The summed E-state index contributed by atoms with van der Waals surface area (Å²) in [5.74, 6) is -0.0914. The van der Waals surface area contributed by atoms with Crippen LogP contribution in [0.1, 0.15) is 51.9 Å². The molecule has 0 bridgehead atoms. The van der Waals surface area contributed by atoms with Gasteiger partial charge in [-0.25, -0.2) is 13.1 Å². The Morgan fingerprint density at radius 3 is 2.47 bits per heavy atom. The Kier molecular flexibility index (Phi) is 5.39. The molecule has 0 aromatic rings. The van der Waals surface area contributed by atoms with Crippen LogP contribution in [0.25, 0.3) is 0 Å². The molecule has 1 aliphatic carbocycles. The highest BCUT2D eigenvalue weighted by atomic mass is 32.2. The fraction of sp³-hybridized carbons (Fsp3) is 0.909. The van der Waals surface area contributed by atoms with Crippen LogP contribution >= 0.6 is 0 Å².